The molecule has 5 nitrogen and oxygen atoms in total. The lowest BCUT2D eigenvalue weighted by molar-refractivity contribution is 0.0139. The lowest BCUT2D eigenvalue weighted by Crippen LogP contribution is -2.30. The van der Waals surface area contributed by atoms with E-state index >= 15 is 0 Å². The van der Waals surface area contributed by atoms with Crippen molar-refractivity contribution >= 4 is 17.4 Å². The second kappa shape index (κ2) is 9.00. The summed E-state index contributed by atoms with van der Waals surface area (Å²) >= 11 is 1.53. The largest absolute Gasteiger partial charge is 0.449 e. The summed E-state index contributed by atoms with van der Waals surface area (Å²) in [7, 11) is 0. The molecule has 0 bridgehead atoms. The second-order valence-electron chi connectivity index (χ2n) is 7.54. The molecule has 1 aliphatic carbocycles. The van der Waals surface area contributed by atoms with E-state index in [1.807, 2.05) is 42.6 Å². The highest BCUT2D eigenvalue weighted by molar-refractivity contribution is 7.10. The average molecular weight is 424 g/mol. The van der Waals surface area contributed by atoms with E-state index < -0.39 is 18.3 Å². The number of carbonyl (C=O) groups excluding carboxylic acids is 1. The summed E-state index contributed by atoms with van der Waals surface area (Å²) in [5.41, 5.74) is 5.39. The molecule has 1 aliphatic rings. The molecule has 3 aromatic rings. The van der Waals surface area contributed by atoms with E-state index in [0.29, 0.717) is 5.56 Å². The second-order valence-corrected chi connectivity index (χ2v) is 8.66. The number of benzene rings is 2. The van der Waals surface area contributed by atoms with Crippen LogP contribution in [-0.4, -0.2) is 35.6 Å². The number of rotatable bonds is 7. The number of aliphatic hydroxyl groups excluding tert-OH is 2. The Kier molecular flexibility index (Phi) is 6.18. The molecular weight excluding hydrogens is 398 g/mol. The van der Waals surface area contributed by atoms with Gasteiger partial charge in [-0.15, -0.1) is 11.3 Å². The molecule has 1 aromatic heterocycles. The van der Waals surface area contributed by atoms with Crippen molar-refractivity contribution in [1.82, 2.24) is 5.32 Å². The van der Waals surface area contributed by atoms with Crippen molar-refractivity contribution in [2.24, 2.45) is 0 Å². The smallest absolute Gasteiger partial charge is 0.407 e. The summed E-state index contributed by atoms with van der Waals surface area (Å²) in [6.07, 6.45) is -2.20. The molecule has 0 saturated heterocycles. The van der Waals surface area contributed by atoms with Crippen molar-refractivity contribution in [3.63, 3.8) is 0 Å². The zero-order valence-corrected chi connectivity index (χ0v) is 17.6. The summed E-state index contributed by atoms with van der Waals surface area (Å²) in [6, 6.07) is 18.2. The SMILES string of the molecule is Cc1cc(C(O)C(O)CCNC(=O)OCC2c3ccccc3-c3ccccc32)cs1. The van der Waals surface area contributed by atoms with Gasteiger partial charge < -0.3 is 20.3 Å². The van der Waals surface area contributed by atoms with Gasteiger partial charge in [0.2, 0.25) is 0 Å². The van der Waals surface area contributed by atoms with Gasteiger partial charge in [-0.3, -0.25) is 0 Å². The van der Waals surface area contributed by atoms with Crippen LogP contribution in [-0.2, 0) is 4.74 Å². The number of carbonyl (C=O) groups is 1. The van der Waals surface area contributed by atoms with E-state index in [9.17, 15) is 15.0 Å². The zero-order valence-electron chi connectivity index (χ0n) is 16.7. The van der Waals surface area contributed by atoms with Crippen LogP contribution < -0.4 is 5.32 Å². The van der Waals surface area contributed by atoms with Gasteiger partial charge in [0.1, 0.15) is 12.7 Å². The Morgan fingerprint density at radius 2 is 1.73 bits per heavy atom. The van der Waals surface area contributed by atoms with Gasteiger partial charge in [0, 0.05) is 17.3 Å². The molecule has 0 spiro atoms. The van der Waals surface area contributed by atoms with Crippen LogP contribution in [0.4, 0.5) is 4.79 Å². The van der Waals surface area contributed by atoms with Crippen molar-refractivity contribution in [2.75, 3.05) is 13.2 Å². The molecular formula is C24H25NO4S. The Labute approximate surface area is 180 Å². The molecule has 2 unspecified atom stereocenters. The van der Waals surface area contributed by atoms with Crippen LogP contribution in [0.3, 0.4) is 0 Å². The third-order valence-corrected chi connectivity index (χ3v) is 6.39. The lowest BCUT2D eigenvalue weighted by Gasteiger charge is -2.18. The zero-order chi connectivity index (χ0) is 21.1. The van der Waals surface area contributed by atoms with Crippen LogP contribution in [0.2, 0.25) is 0 Å². The Bertz CT molecular complexity index is 986. The van der Waals surface area contributed by atoms with Crippen LogP contribution in [0.1, 0.15) is 40.0 Å². The number of ether oxygens (including phenoxy) is 1. The van der Waals surface area contributed by atoms with E-state index in [4.69, 9.17) is 4.74 Å². The predicted octanol–water partition coefficient (Wildman–Crippen LogP) is 4.38. The van der Waals surface area contributed by atoms with E-state index in [0.717, 1.165) is 16.0 Å². The highest BCUT2D eigenvalue weighted by Gasteiger charge is 2.29. The van der Waals surface area contributed by atoms with Gasteiger partial charge in [-0.25, -0.2) is 4.79 Å². The molecule has 6 heteroatoms. The number of amides is 1. The van der Waals surface area contributed by atoms with Crippen LogP contribution >= 0.6 is 11.3 Å². The predicted molar refractivity (Wildman–Crippen MR) is 118 cm³/mol. The van der Waals surface area contributed by atoms with Gasteiger partial charge in [0.15, 0.2) is 0 Å². The Balaban J connectivity index is 1.28. The Hall–Kier alpha value is -2.67. The molecule has 156 valence electrons. The van der Waals surface area contributed by atoms with Crippen LogP contribution in [0.5, 0.6) is 0 Å². The number of nitrogens with one attached hydrogen (secondary N) is 1. The standard InChI is InChI=1S/C24H25NO4S/c1-15-12-16(14-30-15)23(27)22(26)10-11-25-24(28)29-13-21-19-8-4-2-6-17(19)18-7-3-5-9-20(18)21/h2-9,12,14,21-23,26-27H,10-11,13H2,1H3,(H,25,28). The lowest BCUT2D eigenvalue weighted by atomic mass is 9.98. The minimum atomic E-state index is -0.959. The molecule has 4 rings (SSSR count). The molecule has 3 N–H and O–H groups in total. The maximum Gasteiger partial charge on any atom is 0.407 e. The monoisotopic (exact) mass is 423 g/mol. The average Bonchev–Trinajstić information content (AvgIpc) is 3.33. The first-order valence-electron chi connectivity index (χ1n) is 10.0. The molecule has 1 amide bonds. The topological polar surface area (TPSA) is 78.8 Å². The number of fused-ring (bicyclic) bond motifs is 3. The molecule has 0 fully saturated rings. The number of aryl methyl sites for hydroxylation is 1. The van der Waals surface area contributed by atoms with Crippen LogP contribution in [0, 0.1) is 6.92 Å². The maximum absolute atomic E-state index is 12.2. The van der Waals surface area contributed by atoms with Crippen molar-refractivity contribution in [3.05, 3.63) is 81.5 Å². The summed E-state index contributed by atoms with van der Waals surface area (Å²) in [5, 5.41) is 24.9. The highest BCUT2D eigenvalue weighted by Crippen LogP contribution is 2.44. The quantitative estimate of drug-likeness (QED) is 0.527. The molecule has 30 heavy (non-hydrogen) atoms. The molecule has 0 saturated carbocycles. The number of hydrogen-bond donors (Lipinski definition) is 3. The maximum atomic E-state index is 12.2. The van der Waals surface area contributed by atoms with E-state index in [1.165, 1.54) is 22.5 Å². The number of thiophene rings is 1. The van der Waals surface area contributed by atoms with Crippen molar-refractivity contribution in [3.8, 4) is 11.1 Å². The third kappa shape index (κ3) is 4.26. The molecule has 0 aliphatic heterocycles. The van der Waals surface area contributed by atoms with Gasteiger partial charge in [-0.1, -0.05) is 48.5 Å². The third-order valence-electron chi connectivity index (χ3n) is 5.51. The van der Waals surface area contributed by atoms with Gasteiger partial charge in [0.25, 0.3) is 0 Å². The Morgan fingerprint density at radius 3 is 2.33 bits per heavy atom. The van der Waals surface area contributed by atoms with E-state index in [2.05, 4.69) is 29.6 Å². The molecule has 1 heterocycles. The van der Waals surface area contributed by atoms with Gasteiger partial charge in [-0.05, 0) is 52.6 Å². The first-order chi connectivity index (χ1) is 14.5. The first-order valence-corrected chi connectivity index (χ1v) is 10.9. The molecule has 2 aromatic carbocycles. The van der Waals surface area contributed by atoms with Crippen molar-refractivity contribution in [2.45, 2.75) is 31.5 Å². The summed E-state index contributed by atoms with van der Waals surface area (Å²) in [4.78, 5) is 13.2. The first kappa shape index (κ1) is 20.6. The Morgan fingerprint density at radius 1 is 1.10 bits per heavy atom. The van der Waals surface area contributed by atoms with Gasteiger partial charge in [0.05, 0.1) is 6.10 Å². The number of alkyl carbamates (subject to hydrolysis) is 1. The minimum absolute atomic E-state index is 0.0115. The van der Waals surface area contributed by atoms with Gasteiger partial charge >= 0.3 is 6.09 Å². The van der Waals surface area contributed by atoms with Gasteiger partial charge in [-0.2, -0.15) is 0 Å². The number of aliphatic hydroxyl groups is 2. The van der Waals surface area contributed by atoms with Crippen molar-refractivity contribution in [1.29, 1.82) is 0 Å². The summed E-state index contributed by atoms with van der Waals surface area (Å²) in [5.74, 6) is 0.0115. The molecule has 2 atom stereocenters. The molecule has 0 radical (unpaired) electrons. The minimum Gasteiger partial charge on any atom is -0.449 e. The van der Waals surface area contributed by atoms with Crippen molar-refractivity contribution < 1.29 is 19.7 Å². The summed E-state index contributed by atoms with van der Waals surface area (Å²) in [6.45, 7) is 2.42. The normalized spacial score (nSPS) is 14.6. The highest BCUT2D eigenvalue weighted by atomic mass is 32.1. The van der Waals surface area contributed by atoms with E-state index in [1.54, 1.807) is 0 Å². The van der Waals surface area contributed by atoms with Crippen LogP contribution in [0.15, 0.2) is 60.0 Å². The van der Waals surface area contributed by atoms with Crippen LogP contribution in [0.25, 0.3) is 11.1 Å². The fourth-order valence-corrected chi connectivity index (χ4v) is 4.70. The fourth-order valence-electron chi connectivity index (χ4n) is 3.97. The fraction of sp³-hybridized carbons (Fsp3) is 0.292. The summed E-state index contributed by atoms with van der Waals surface area (Å²) < 4.78 is 5.48. The van der Waals surface area contributed by atoms with E-state index in [-0.39, 0.29) is 25.5 Å². The number of hydrogen-bond acceptors (Lipinski definition) is 5.